The van der Waals surface area contributed by atoms with Gasteiger partial charge in [-0.15, -0.1) is 0 Å². The van der Waals surface area contributed by atoms with Crippen LogP contribution in [-0.2, 0) is 4.79 Å². The second-order valence-corrected chi connectivity index (χ2v) is 6.95. The van der Waals surface area contributed by atoms with E-state index in [9.17, 15) is 4.79 Å². The van der Waals surface area contributed by atoms with Crippen LogP contribution in [0.3, 0.4) is 0 Å². The first-order valence-corrected chi connectivity index (χ1v) is 8.94. The Morgan fingerprint density at radius 2 is 2.09 bits per heavy atom. The fraction of sp³-hybridized carbons (Fsp3) is 0.176. The van der Waals surface area contributed by atoms with E-state index in [0.29, 0.717) is 6.42 Å². The molecule has 3 heterocycles. The van der Waals surface area contributed by atoms with E-state index in [1.807, 2.05) is 29.6 Å². The maximum atomic E-state index is 12.2. The molecule has 0 saturated carbocycles. The van der Waals surface area contributed by atoms with Crippen LogP contribution in [-0.4, -0.2) is 17.4 Å². The third kappa shape index (κ3) is 2.54. The first kappa shape index (κ1) is 14.4. The minimum absolute atomic E-state index is 0.0451. The molecule has 2 aromatic heterocycles. The van der Waals surface area contributed by atoms with Crippen LogP contribution in [0, 0.1) is 0 Å². The van der Waals surface area contributed by atoms with Crippen LogP contribution >= 0.6 is 22.9 Å². The van der Waals surface area contributed by atoms with Crippen molar-refractivity contribution in [1.29, 1.82) is 0 Å². The summed E-state index contributed by atoms with van der Waals surface area (Å²) < 4.78 is 9.80. The molecule has 116 valence electrons. The van der Waals surface area contributed by atoms with E-state index in [-0.39, 0.29) is 11.8 Å². The zero-order valence-corrected chi connectivity index (χ0v) is 14.0. The molecule has 0 saturated heterocycles. The van der Waals surface area contributed by atoms with Crippen molar-refractivity contribution in [3.63, 3.8) is 0 Å². The molecule has 0 bridgehead atoms. The predicted octanol–water partition coefficient (Wildman–Crippen LogP) is 4.35. The van der Waals surface area contributed by atoms with Crippen molar-refractivity contribution in [2.75, 3.05) is 12.4 Å². The summed E-state index contributed by atoms with van der Waals surface area (Å²) in [6.07, 6.45) is 0.480. The lowest BCUT2D eigenvalue weighted by atomic mass is 9.91. The monoisotopic (exact) mass is 342 g/mol. The van der Waals surface area contributed by atoms with Gasteiger partial charge in [0.05, 0.1) is 17.7 Å². The molecule has 0 radical (unpaired) electrons. The number of nitrogens with zero attached hydrogens (tertiary/aromatic N) is 1. The summed E-state index contributed by atoms with van der Waals surface area (Å²) in [5.41, 5.74) is 3.86. The molecule has 1 aliphatic heterocycles. The summed E-state index contributed by atoms with van der Waals surface area (Å²) >= 11 is 3.13. The number of aromatic nitrogens is 1. The number of thiophene rings is 1. The van der Waals surface area contributed by atoms with Gasteiger partial charge in [0.2, 0.25) is 5.91 Å². The molecular weight excluding hydrogens is 328 g/mol. The smallest absolute Gasteiger partial charge is 0.225 e. The van der Waals surface area contributed by atoms with Gasteiger partial charge in [0, 0.05) is 17.9 Å². The maximum absolute atomic E-state index is 12.2. The minimum Gasteiger partial charge on any atom is -0.497 e. The number of benzene rings is 1. The van der Waals surface area contributed by atoms with Crippen LogP contribution in [0.4, 0.5) is 5.69 Å². The summed E-state index contributed by atoms with van der Waals surface area (Å²) in [5.74, 6) is 0.955. The molecule has 3 aromatic rings. The summed E-state index contributed by atoms with van der Waals surface area (Å²) in [6.45, 7) is 0. The Balaban J connectivity index is 1.78. The van der Waals surface area contributed by atoms with Gasteiger partial charge in [0.15, 0.2) is 0 Å². The zero-order chi connectivity index (χ0) is 15.8. The number of ether oxygens (including phenoxy) is 1. The number of carbonyl (C=O) groups excluding carboxylic acids is 1. The van der Waals surface area contributed by atoms with Crippen molar-refractivity contribution in [3.8, 4) is 17.0 Å². The van der Waals surface area contributed by atoms with Crippen molar-refractivity contribution in [2.45, 2.75) is 12.3 Å². The van der Waals surface area contributed by atoms with Crippen LogP contribution in [0.15, 0.2) is 41.1 Å². The van der Waals surface area contributed by atoms with E-state index in [2.05, 4.69) is 21.1 Å². The van der Waals surface area contributed by atoms with Gasteiger partial charge in [0.25, 0.3) is 0 Å². The molecule has 1 atom stereocenters. The van der Waals surface area contributed by atoms with Crippen LogP contribution < -0.4 is 10.1 Å². The average molecular weight is 342 g/mol. The van der Waals surface area contributed by atoms with Crippen molar-refractivity contribution >= 4 is 34.5 Å². The SMILES string of the molecule is COc1ccc(-c2nsc3c2NC(=O)CC3c2ccsc2)cc1. The number of anilines is 1. The average Bonchev–Trinajstić information content (AvgIpc) is 3.24. The Kier molecular flexibility index (Phi) is 3.63. The van der Waals surface area contributed by atoms with Gasteiger partial charge in [0.1, 0.15) is 11.4 Å². The standard InChI is InChI=1S/C17H14N2O2S2/c1-21-12-4-2-10(3-5-12)15-16-17(23-19-15)13(8-14(20)18-16)11-6-7-22-9-11/h2-7,9,13H,8H2,1H3,(H,18,20). The second-order valence-electron chi connectivity index (χ2n) is 5.36. The second kappa shape index (κ2) is 5.79. The van der Waals surface area contributed by atoms with Crippen LogP contribution in [0.25, 0.3) is 11.3 Å². The molecule has 4 rings (SSSR count). The van der Waals surface area contributed by atoms with Crippen LogP contribution in [0.2, 0.25) is 0 Å². The number of rotatable bonds is 3. The summed E-state index contributed by atoms with van der Waals surface area (Å²) in [6, 6.07) is 9.83. The topological polar surface area (TPSA) is 51.2 Å². The van der Waals surface area contributed by atoms with E-state index in [1.54, 1.807) is 18.4 Å². The molecule has 4 nitrogen and oxygen atoms in total. The third-order valence-electron chi connectivity index (χ3n) is 4.00. The van der Waals surface area contributed by atoms with Gasteiger partial charge < -0.3 is 10.1 Å². The van der Waals surface area contributed by atoms with E-state index in [1.165, 1.54) is 17.1 Å². The van der Waals surface area contributed by atoms with E-state index in [0.717, 1.165) is 27.6 Å². The van der Waals surface area contributed by atoms with Crippen molar-refractivity contribution < 1.29 is 9.53 Å². The third-order valence-corrected chi connectivity index (χ3v) is 5.66. The van der Waals surface area contributed by atoms with E-state index in [4.69, 9.17) is 4.74 Å². The summed E-state index contributed by atoms with van der Waals surface area (Å²) in [5, 5.41) is 7.17. The Labute approximate surface area is 141 Å². The van der Waals surface area contributed by atoms with Crippen molar-refractivity contribution in [3.05, 3.63) is 51.5 Å². The molecule has 0 aliphatic carbocycles. The van der Waals surface area contributed by atoms with Crippen LogP contribution in [0.1, 0.15) is 22.8 Å². The molecule has 1 unspecified atom stereocenters. The molecule has 6 heteroatoms. The number of hydrogen-bond donors (Lipinski definition) is 1. The Morgan fingerprint density at radius 1 is 1.26 bits per heavy atom. The van der Waals surface area contributed by atoms with Crippen molar-refractivity contribution in [1.82, 2.24) is 4.37 Å². The predicted molar refractivity (Wildman–Crippen MR) is 93.5 cm³/mol. The van der Waals surface area contributed by atoms with Gasteiger partial charge >= 0.3 is 0 Å². The summed E-state index contributed by atoms with van der Waals surface area (Å²) in [4.78, 5) is 13.3. The number of fused-ring (bicyclic) bond motifs is 1. The first-order valence-electron chi connectivity index (χ1n) is 7.22. The van der Waals surface area contributed by atoms with Gasteiger partial charge in [-0.1, -0.05) is 0 Å². The van der Waals surface area contributed by atoms with Gasteiger partial charge in [-0.05, 0) is 58.2 Å². The minimum atomic E-state index is 0.0451. The highest BCUT2D eigenvalue weighted by atomic mass is 32.1. The van der Waals surface area contributed by atoms with Crippen molar-refractivity contribution in [2.24, 2.45) is 0 Å². The molecule has 1 N–H and O–H groups in total. The fourth-order valence-corrected chi connectivity index (χ4v) is 4.50. The largest absolute Gasteiger partial charge is 0.497 e. The van der Waals surface area contributed by atoms with E-state index >= 15 is 0 Å². The Morgan fingerprint density at radius 3 is 2.78 bits per heavy atom. The van der Waals surface area contributed by atoms with Crippen LogP contribution in [0.5, 0.6) is 5.75 Å². The zero-order valence-electron chi connectivity index (χ0n) is 12.4. The maximum Gasteiger partial charge on any atom is 0.225 e. The lowest BCUT2D eigenvalue weighted by Gasteiger charge is -2.21. The molecular formula is C17H14N2O2S2. The Hall–Kier alpha value is -2.18. The fourth-order valence-electron chi connectivity index (χ4n) is 2.82. The molecule has 1 aromatic carbocycles. The van der Waals surface area contributed by atoms with E-state index < -0.39 is 0 Å². The summed E-state index contributed by atoms with van der Waals surface area (Å²) in [7, 11) is 1.64. The highest BCUT2D eigenvalue weighted by Gasteiger charge is 2.31. The normalized spacial score (nSPS) is 16.7. The number of amides is 1. The quantitative estimate of drug-likeness (QED) is 0.770. The number of methoxy groups -OCH3 is 1. The Bertz CT molecular complexity index is 838. The first-order chi connectivity index (χ1) is 11.3. The van der Waals surface area contributed by atoms with Gasteiger partial charge in [-0.3, -0.25) is 4.79 Å². The lowest BCUT2D eigenvalue weighted by Crippen LogP contribution is -2.22. The molecule has 0 spiro atoms. The lowest BCUT2D eigenvalue weighted by molar-refractivity contribution is -0.116. The molecule has 0 fully saturated rings. The number of carbonyl (C=O) groups is 1. The molecule has 1 amide bonds. The number of hydrogen-bond acceptors (Lipinski definition) is 5. The van der Waals surface area contributed by atoms with Gasteiger partial charge in [-0.25, -0.2) is 0 Å². The highest BCUT2D eigenvalue weighted by Crippen LogP contribution is 2.45. The molecule has 23 heavy (non-hydrogen) atoms. The highest BCUT2D eigenvalue weighted by molar-refractivity contribution is 7.08. The van der Waals surface area contributed by atoms with Gasteiger partial charge in [-0.2, -0.15) is 15.7 Å². The molecule has 1 aliphatic rings. The number of nitrogens with one attached hydrogen (secondary N) is 1.